The van der Waals surface area contributed by atoms with Gasteiger partial charge in [0.15, 0.2) is 0 Å². The minimum atomic E-state index is -1.06. The van der Waals surface area contributed by atoms with Gasteiger partial charge in [-0.2, -0.15) is 0 Å². The second-order valence-electron chi connectivity index (χ2n) is 5.06. The molecule has 0 radical (unpaired) electrons. The number of esters is 1. The Labute approximate surface area is 128 Å². The summed E-state index contributed by atoms with van der Waals surface area (Å²) in [5, 5.41) is 0. The molecule has 0 aromatic rings. The van der Waals surface area contributed by atoms with Crippen LogP contribution < -0.4 is 0 Å². The summed E-state index contributed by atoms with van der Waals surface area (Å²) in [5.41, 5.74) is 0. The van der Waals surface area contributed by atoms with Crippen LogP contribution in [-0.4, -0.2) is 16.9 Å². The summed E-state index contributed by atoms with van der Waals surface area (Å²) in [6, 6.07) is 0. The summed E-state index contributed by atoms with van der Waals surface area (Å²) in [5.74, 6) is -0.510. The lowest BCUT2D eigenvalue weighted by Crippen LogP contribution is -2.22. The maximum absolute atomic E-state index is 11.3. The van der Waals surface area contributed by atoms with E-state index in [4.69, 9.17) is 27.9 Å². The second-order valence-corrected chi connectivity index (χ2v) is 6.15. The number of rotatable bonds is 12. The predicted molar refractivity (Wildman–Crippen MR) is 82.9 cm³/mol. The van der Waals surface area contributed by atoms with Crippen LogP contribution in [0.3, 0.4) is 0 Å². The van der Waals surface area contributed by atoms with Crippen LogP contribution in [0.25, 0.3) is 0 Å². The Hall–Kier alpha value is 0.0500. The molecule has 0 fully saturated rings. The fourth-order valence-corrected chi connectivity index (χ4v) is 2.23. The summed E-state index contributed by atoms with van der Waals surface area (Å²) in [7, 11) is 0. The second kappa shape index (κ2) is 13.1. The average molecular weight is 311 g/mol. The third-order valence-corrected chi connectivity index (χ3v) is 3.56. The van der Waals surface area contributed by atoms with Gasteiger partial charge >= 0.3 is 5.97 Å². The highest BCUT2D eigenvalue weighted by Gasteiger charge is 2.18. The van der Waals surface area contributed by atoms with Crippen molar-refractivity contribution in [1.82, 2.24) is 0 Å². The predicted octanol–water partition coefficient (Wildman–Crippen LogP) is 5.64. The van der Waals surface area contributed by atoms with E-state index in [1.54, 1.807) is 0 Å². The van der Waals surface area contributed by atoms with Crippen LogP contribution in [0.15, 0.2) is 0 Å². The van der Waals surface area contributed by atoms with Crippen LogP contribution in [0, 0.1) is 0 Å². The molecular formula is C15H28Cl2O2. The van der Waals surface area contributed by atoms with E-state index in [2.05, 4.69) is 13.8 Å². The first-order chi connectivity index (χ1) is 9.11. The number of hydrogen-bond acceptors (Lipinski definition) is 2. The van der Waals surface area contributed by atoms with E-state index in [-0.39, 0.29) is 6.10 Å². The molecule has 0 rings (SSSR count). The van der Waals surface area contributed by atoms with Gasteiger partial charge in [-0.05, 0) is 19.3 Å². The van der Waals surface area contributed by atoms with Crippen LogP contribution in [-0.2, 0) is 9.53 Å². The van der Waals surface area contributed by atoms with Gasteiger partial charge in [0.2, 0.25) is 4.84 Å². The highest BCUT2D eigenvalue weighted by atomic mass is 35.5. The highest BCUT2D eigenvalue weighted by Crippen LogP contribution is 2.16. The van der Waals surface area contributed by atoms with Crippen molar-refractivity contribution in [3.8, 4) is 0 Å². The number of carbonyl (C=O) groups is 1. The van der Waals surface area contributed by atoms with Crippen LogP contribution >= 0.6 is 23.2 Å². The third-order valence-electron chi connectivity index (χ3n) is 3.20. The van der Waals surface area contributed by atoms with Crippen molar-refractivity contribution in [3.05, 3.63) is 0 Å². The summed E-state index contributed by atoms with van der Waals surface area (Å²) in [6.45, 7) is 4.31. The normalized spacial score (nSPS) is 12.7. The smallest absolute Gasteiger partial charge is 0.339 e. The zero-order valence-corrected chi connectivity index (χ0v) is 13.8. The van der Waals surface area contributed by atoms with Gasteiger partial charge in [-0.3, -0.25) is 0 Å². The van der Waals surface area contributed by atoms with Gasteiger partial charge in [-0.15, -0.1) is 0 Å². The average Bonchev–Trinajstić information content (AvgIpc) is 2.37. The largest absolute Gasteiger partial charge is 0.460 e. The molecule has 0 N–H and O–H groups in total. The zero-order chi connectivity index (χ0) is 14.5. The SMILES string of the molecule is CCCCCCCCCC(CCC)OC(=O)C(Cl)Cl. The molecule has 114 valence electrons. The lowest BCUT2D eigenvalue weighted by molar-refractivity contribution is -0.147. The Morgan fingerprint density at radius 1 is 0.895 bits per heavy atom. The van der Waals surface area contributed by atoms with Crippen LogP contribution in [0.5, 0.6) is 0 Å². The van der Waals surface area contributed by atoms with Crippen molar-refractivity contribution in [1.29, 1.82) is 0 Å². The van der Waals surface area contributed by atoms with Gasteiger partial charge in [-0.1, -0.05) is 82.0 Å². The van der Waals surface area contributed by atoms with Crippen molar-refractivity contribution < 1.29 is 9.53 Å². The van der Waals surface area contributed by atoms with Gasteiger partial charge in [0, 0.05) is 0 Å². The molecule has 4 heteroatoms. The number of hydrogen-bond donors (Lipinski definition) is 0. The summed E-state index contributed by atoms with van der Waals surface area (Å²) in [6.07, 6.45) is 11.7. The van der Waals surface area contributed by atoms with Crippen molar-refractivity contribution in [2.45, 2.75) is 89.0 Å². The lowest BCUT2D eigenvalue weighted by Gasteiger charge is -2.17. The molecule has 0 bridgehead atoms. The van der Waals surface area contributed by atoms with E-state index < -0.39 is 10.8 Å². The molecule has 0 saturated carbocycles. The fourth-order valence-electron chi connectivity index (χ4n) is 2.13. The minimum Gasteiger partial charge on any atom is -0.460 e. The van der Waals surface area contributed by atoms with Crippen molar-refractivity contribution in [3.63, 3.8) is 0 Å². The summed E-state index contributed by atoms with van der Waals surface area (Å²) in [4.78, 5) is 10.3. The van der Waals surface area contributed by atoms with E-state index in [1.165, 1.54) is 38.5 Å². The van der Waals surface area contributed by atoms with Crippen LogP contribution in [0.4, 0.5) is 0 Å². The number of halogens is 2. The standard InChI is InChI=1S/C15H28Cl2O2/c1-3-5-6-7-8-9-10-12-13(11-4-2)19-15(18)14(16)17/h13-14H,3-12H2,1-2H3. The molecule has 2 nitrogen and oxygen atoms in total. The number of carbonyl (C=O) groups excluding carboxylic acids is 1. The molecular weight excluding hydrogens is 283 g/mol. The van der Waals surface area contributed by atoms with Crippen molar-refractivity contribution in [2.24, 2.45) is 0 Å². The number of ether oxygens (including phenoxy) is 1. The Kier molecular flexibility index (Phi) is 13.1. The van der Waals surface area contributed by atoms with Gasteiger partial charge in [-0.25, -0.2) is 4.79 Å². The molecule has 0 heterocycles. The maximum Gasteiger partial charge on any atom is 0.339 e. The Bertz CT molecular complexity index is 220. The monoisotopic (exact) mass is 310 g/mol. The third kappa shape index (κ3) is 11.6. The molecule has 0 amide bonds. The molecule has 0 aliphatic heterocycles. The first kappa shape index (κ1) is 19.1. The molecule has 1 unspecified atom stereocenters. The van der Waals surface area contributed by atoms with Crippen LogP contribution in [0.1, 0.15) is 78.1 Å². The van der Waals surface area contributed by atoms with E-state index in [1.807, 2.05) is 0 Å². The molecule has 0 aromatic heterocycles. The molecule has 0 spiro atoms. The quantitative estimate of drug-likeness (QED) is 0.265. The van der Waals surface area contributed by atoms with Gasteiger partial charge < -0.3 is 4.74 Å². The van der Waals surface area contributed by atoms with E-state index in [9.17, 15) is 4.79 Å². The summed E-state index contributed by atoms with van der Waals surface area (Å²) >= 11 is 11.0. The highest BCUT2D eigenvalue weighted by molar-refractivity contribution is 6.52. The Morgan fingerprint density at radius 3 is 2.00 bits per heavy atom. The van der Waals surface area contributed by atoms with Gasteiger partial charge in [0.25, 0.3) is 0 Å². The van der Waals surface area contributed by atoms with Gasteiger partial charge in [0.1, 0.15) is 6.10 Å². The number of unbranched alkanes of at least 4 members (excludes halogenated alkanes) is 6. The molecule has 19 heavy (non-hydrogen) atoms. The molecule has 0 saturated heterocycles. The van der Waals surface area contributed by atoms with Crippen LogP contribution in [0.2, 0.25) is 0 Å². The van der Waals surface area contributed by atoms with E-state index in [0.29, 0.717) is 0 Å². The molecule has 1 atom stereocenters. The minimum absolute atomic E-state index is 0.0202. The fraction of sp³-hybridized carbons (Fsp3) is 0.933. The zero-order valence-electron chi connectivity index (χ0n) is 12.3. The molecule has 0 aliphatic rings. The molecule has 0 aromatic carbocycles. The van der Waals surface area contributed by atoms with E-state index in [0.717, 1.165) is 25.7 Å². The van der Waals surface area contributed by atoms with E-state index >= 15 is 0 Å². The first-order valence-corrected chi connectivity index (χ1v) is 8.47. The lowest BCUT2D eigenvalue weighted by atomic mass is 10.0. The maximum atomic E-state index is 11.3. The topological polar surface area (TPSA) is 26.3 Å². The Balaban J connectivity index is 3.67. The summed E-state index contributed by atoms with van der Waals surface area (Å²) < 4.78 is 5.29. The van der Waals surface area contributed by atoms with Gasteiger partial charge in [0.05, 0.1) is 0 Å². The Morgan fingerprint density at radius 2 is 1.47 bits per heavy atom. The van der Waals surface area contributed by atoms with Crippen molar-refractivity contribution in [2.75, 3.05) is 0 Å². The van der Waals surface area contributed by atoms with Crippen molar-refractivity contribution >= 4 is 29.2 Å². The number of alkyl halides is 2. The molecule has 0 aliphatic carbocycles. The first-order valence-electron chi connectivity index (χ1n) is 7.60.